The fourth-order valence-corrected chi connectivity index (χ4v) is 6.13. The molecular formula is C21H40N2S2. The lowest BCUT2D eigenvalue weighted by Crippen LogP contribution is -2.58. The molecule has 0 aromatic rings. The molecule has 2 nitrogen and oxygen atoms in total. The highest BCUT2D eigenvalue weighted by atomic mass is 32.1. The Morgan fingerprint density at radius 3 is 1.48 bits per heavy atom. The van der Waals surface area contributed by atoms with Crippen molar-refractivity contribution in [2.75, 3.05) is 19.6 Å². The molecule has 3 saturated carbocycles. The minimum atomic E-state index is 0.233. The molecule has 0 aromatic heterocycles. The van der Waals surface area contributed by atoms with Crippen molar-refractivity contribution in [3.05, 3.63) is 0 Å². The molecule has 0 bridgehead atoms. The summed E-state index contributed by atoms with van der Waals surface area (Å²) in [4.78, 5) is 0. The highest BCUT2D eigenvalue weighted by molar-refractivity contribution is 7.82. The Kier molecular flexibility index (Phi) is 7.50. The summed E-state index contributed by atoms with van der Waals surface area (Å²) in [7, 11) is 0. The van der Waals surface area contributed by atoms with Gasteiger partial charge in [0.2, 0.25) is 0 Å². The summed E-state index contributed by atoms with van der Waals surface area (Å²) in [5.74, 6) is 0. The minimum absolute atomic E-state index is 0.233. The lowest BCUT2D eigenvalue weighted by molar-refractivity contribution is 0.205. The molecule has 25 heavy (non-hydrogen) atoms. The highest BCUT2D eigenvalue weighted by Gasteiger charge is 2.36. The van der Waals surface area contributed by atoms with Crippen LogP contribution in [0.15, 0.2) is 0 Å². The van der Waals surface area contributed by atoms with Crippen molar-refractivity contribution in [3.63, 3.8) is 0 Å². The van der Waals surface area contributed by atoms with E-state index < -0.39 is 0 Å². The molecule has 0 radical (unpaired) electrons. The molecule has 0 unspecified atom stereocenters. The summed E-state index contributed by atoms with van der Waals surface area (Å²) in [6, 6.07) is 0. The Morgan fingerprint density at radius 1 is 0.520 bits per heavy atom. The van der Waals surface area contributed by atoms with E-state index >= 15 is 0 Å². The van der Waals surface area contributed by atoms with Crippen LogP contribution in [0, 0.1) is 0 Å². The minimum Gasteiger partial charge on any atom is -0.314 e. The maximum atomic E-state index is 5.08. The van der Waals surface area contributed by atoms with Gasteiger partial charge in [-0.2, -0.15) is 25.3 Å². The first-order chi connectivity index (χ1) is 12.0. The third-order valence-corrected chi connectivity index (χ3v) is 8.30. The van der Waals surface area contributed by atoms with Crippen molar-refractivity contribution >= 4 is 25.3 Å². The Labute approximate surface area is 166 Å². The summed E-state index contributed by atoms with van der Waals surface area (Å²) >= 11 is 10.1. The van der Waals surface area contributed by atoms with E-state index in [0.29, 0.717) is 5.54 Å². The predicted molar refractivity (Wildman–Crippen MR) is 116 cm³/mol. The van der Waals surface area contributed by atoms with Crippen LogP contribution in [0.1, 0.15) is 96.3 Å². The topological polar surface area (TPSA) is 24.1 Å². The third kappa shape index (κ3) is 6.05. The van der Waals surface area contributed by atoms with Gasteiger partial charge in [-0.05, 0) is 38.5 Å². The average Bonchev–Trinajstić information content (AvgIpc) is 2.62. The second-order valence-corrected chi connectivity index (χ2v) is 11.3. The smallest absolute Gasteiger partial charge is 0.0306 e. The van der Waals surface area contributed by atoms with Gasteiger partial charge in [0.1, 0.15) is 0 Å². The Morgan fingerprint density at radius 2 is 0.960 bits per heavy atom. The van der Waals surface area contributed by atoms with E-state index in [1.807, 2.05) is 0 Å². The normalized spacial score (nSPS) is 28.6. The first-order valence-corrected chi connectivity index (χ1v) is 11.8. The van der Waals surface area contributed by atoms with Crippen molar-refractivity contribution < 1.29 is 0 Å². The molecule has 3 aliphatic carbocycles. The summed E-state index contributed by atoms with van der Waals surface area (Å²) in [6.07, 6.45) is 20.2. The zero-order chi connectivity index (χ0) is 17.6. The molecule has 4 heteroatoms. The first kappa shape index (κ1) is 20.4. The Bertz CT molecular complexity index is 395. The van der Waals surface area contributed by atoms with Gasteiger partial charge in [0.15, 0.2) is 0 Å². The van der Waals surface area contributed by atoms with Gasteiger partial charge in [-0.3, -0.25) is 0 Å². The third-order valence-electron chi connectivity index (χ3n) is 7.09. The second kappa shape index (κ2) is 9.21. The predicted octanol–water partition coefficient (Wildman–Crippen LogP) is 5.13. The second-order valence-electron chi connectivity index (χ2n) is 9.37. The van der Waals surface area contributed by atoms with Gasteiger partial charge in [0.25, 0.3) is 0 Å². The number of nitrogens with one attached hydrogen (secondary N) is 2. The van der Waals surface area contributed by atoms with Crippen LogP contribution in [0.25, 0.3) is 0 Å². The zero-order valence-corrected chi connectivity index (χ0v) is 17.9. The van der Waals surface area contributed by atoms with E-state index in [1.54, 1.807) is 0 Å². The van der Waals surface area contributed by atoms with Crippen LogP contribution in [0.5, 0.6) is 0 Å². The molecule has 3 aliphatic rings. The standard InChI is InChI=1S/C21H40N2S2/c24-20(12-6-2-7-13-20)17-22-16-19(10-4-1-5-11-19)23-18-21(25)14-8-3-9-15-21/h22-25H,1-18H2. The molecular weight excluding hydrogens is 344 g/mol. The lowest BCUT2D eigenvalue weighted by atomic mass is 9.80. The van der Waals surface area contributed by atoms with E-state index in [0.717, 1.165) is 19.6 Å². The van der Waals surface area contributed by atoms with Crippen LogP contribution in [0.2, 0.25) is 0 Å². The molecule has 146 valence electrons. The molecule has 3 fully saturated rings. The van der Waals surface area contributed by atoms with Crippen LogP contribution >= 0.6 is 25.3 Å². The molecule has 2 N–H and O–H groups in total. The summed E-state index contributed by atoms with van der Waals surface area (Å²) in [6.45, 7) is 3.27. The van der Waals surface area contributed by atoms with Crippen LogP contribution in [-0.2, 0) is 0 Å². The summed E-state index contributed by atoms with van der Waals surface area (Å²) < 4.78 is 0.471. The van der Waals surface area contributed by atoms with Crippen LogP contribution in [-0.4, -0.2) is 34.7 Å². The molecule has 0 saturated heterocycles. The highest BCUT2D eigenvalue weighted by Crippen LogP contribution is 2.36. The van der Waals surface area contributed by atoms with E-state index in [-0.39, 0.29) is 9.49 Å². The number of rotatable bonds is 7. The molecule has 0 atom stereocenters. The monoisotopic (exact) mass is 384 g/mol. The molecule has 0 aromatic carbocycles. The maximum absolute atomic E-state index is 5.08. The first-order valence-electron chi connectivity index (χ1n) is 10.9. The van der Waals surface area contributed by atoms with E-state index in [4.69, 9.17) is 25.3 Å². The fourth-order valence-electron chi connectivity index (χ4n) is 5.30. The van der Waals surface area contributed by atoms with Crippen molar-refractivity contribution in [3.8, 4) is 0 Å². The SMILES string of the molecule is SC1(CNCC2(NCC3(S)CCCCC3)CCCCC2)CCCCC1. The van der Waals surface area contributed by atoms with Crippen molar-refractivity contribution in [2.45, 2.75) is 111 Å². The molecule has 0 aliphatic heterocycles. The molecule has 0 heterocycles. The zero-order valence-electron chi connectivity index (χ0n) is 16.1. The fraction of sp³-hybridized carbons (Fsp3) is 1.00. The number of hydrogen-bond donors (Lipinski definition) is 4. The maximum Gasteiger partial charge on any atom is 0.0306 e. The van der Waals surface area contributed by atoms with E-state index in [2.05, 4.69) is 10.6 Å². The van der Waals surface area contributed by atoms with Gasteiger partial charge in [-0.15, -0.1) is 0 Å². The largest absolute Gasteiger partial charge is 0.314 e. The van der Waals surface area contributed by atoms with Gasteiger partial charge in [-0.25, -0.2) is 0 Å². The van der Waals surface area contributed by atoms with Crippen molar-refractivity contribution in [1.82, 2.24) is 10.6 Å². The molecule has 0 amide bonds. The lowest BCUT2D eigenvalue weighted by Gasteiger charge is -2.43. The molecule has 0 spiro atoms. The molecule has 3 rings (SSSR count). The van der Waals surface area contributed by atoms with Crippen LogP contribution in [0.4, 0.5) is 0 Å². The van der Waals surface area contributed by atoms with E-state index in [1.165, 1.54) is 96.3 Å². The Balaban J connectivity index is 1.51. The van der Waals surface area contributed by atoms with Gasteiger partial charge in [0.05, 0.1) is 0 Å². The Hall–Kier alpha value is 0.620. The van der Waals surface area contributed by atoms with Gasteiger partial charge < -0.3 is 10.6 Å². The quantitative estimate of drug-likeness (QED) is 0.457. The number of thiol groups is 2. The summed E-state index contributed by atoms with van der Waals surface area (Å²) in [5.41, 5.74) is 0.296. The van der Waals surface area contributed by atoms with Crippen molar-refractivity contribution in [2.24, 2.45) is 0 Å². The van der Waals surface area contributed by atoms with Gasteiger partial charge >= 0.3 is 0 Å². The summed E-state index contributed by atoms with van der Waals surface area (Å²) in [5, 5.41) is 7.87. The van der Waals surface area contributed by atoms with Gasteiger partial charge in [0, 0.05) is 34.7 Å². The van der Waals surface area contributed by atoms with Gasteiger partial charge in [-0.1, -0.05) is 57.8 Å². The average molecular weight is 385 g/mol. The van der Waals surface area contributed by atoms with E-state index in [9.17, 15) is 0 Å². The number of hydrogen-bond acceptors (Lipinski definition) is 4. The van der Waals surface area contributed by atoms with Crippen molar-refractivity contribution in [1.29, 1.82) is 0 Å². The van der Waals surface area contributed by atoms with Crippen LogP contribution in [0.3, 0.4) is 0 Å². The van der Waals surface area contributed by atoms with Crippen LogP contribution < -0.4 is 10.6 Å².